The monoisotopic (exact) mass is 649 g/mol. The standard InChI is InChI=1S/C36H43N9O3/c1-20-13-25(14-21(2)38-20)35(46)39-22(3)28-10-9-24-16-30(44(33(24)40-28)18-23-7-8-23)34-41-29-15-26(17-31(48-6)32(29)43(34)5)36(47)45-19-27(37)11-12-42(45)4/h9-10,13-17,22-23,27H,7-8,11-12,18-19,37H2,1-6H3,(H,39,46)/t22-,27-/m1/s1. The lowest BCUT2D eigenvalue weighted by Gasteiger charge is -2.38. The number of hydrogen-bond acceptors (Lipinski definition) is 8. The van der Waals surface area contributed by atoms with Crippen LogP contribution in [-0.2, 0) is 13.6 Å². The smallest absolute Gasteiger partial charge is 0.268 e. The number of nitrogens with zero attached hydrogens (tertiary/aromatic N) is 7. The number of benzene rings is 1. The second-order valence-electron chi connectivity index (χ2n) is 13.4. The lowest BCUT2D eigenvalue weighted by Crippen LogP contribution is -2.55. The van der Waals surface area contributed by atoms with Gasteiger partial charge in [0.15, 0.2) is 5.82 Å². The number of aromatic nitrogens is 5. The van der Waals surface area contributed by atoms with Gasteiger partial charge in [-0.05, 0) is 88.4 Å². The summed E-state index contributed by atoms with van der Waals surface area (Å²) in [7, 11) is 5.50. The highest BCUT2D eigenvalue weighted by atomic mass is 16.5. The second kappa shape index (κ2) is 12.3. The van der Waals surface area contributed by atoms with Crippen LogP contribution in [0.1, 0.15) is 70.0 Å². The minimum atomic E-state index is -0.312. The molecule has 250 valence electrons. The van der Waals surface area contributed by atoms with Crippen molar-refractivity contribution < 1.29 is 14.3 Å². The molecule has 1 aliphatic heterocycles. The molecule has 0 unspecified atom stereocenters. The molecule has 48 heavy (non-hydrogen) atoms. The number of aryl methyl sites for hydroxylation is 3. The Morgan fingerprint density at radius 2 is 1.75 bits per heavy atom. The molecule has 4 aromatic heterocycles. The summed E-state index contributed by atoms with van der Waals surface area (Å²) in [5.41, 5.74) is 13.0. The Hall–Kier alpha value is -4.81. The van der Waals surface area contributed by atoms with Gasteiger partial charge in [0.05, 0.1) is 36.6 Å². The van der Waals surface area contributed by atoms with Gasteiger partial charge in [0.25, 0.3) is 11.8 Å². The molecule has 2 aliphatic rings. The number of amides is 2. The van der Waals surface area contributed by atoms with Gasteiger partial charge < -0.3 is 24.9 Å². The molecule has 0 spiro atoms. The quantitative estimate of drug-likeness (QED) is 0.250. The van der Waals surface area contributed by atoms with Crippen molar-refractivity contribution in [3.8, 4) is 17.3 Å². The molecule has 2 amide bonds. The van der Waals surface area contributed by atoms with Crippen molar-refractivity contribution in [2.45, 2.75) is 58.7 Å². The van der Waals surface area contributed by atoms with Crippen molar-refractivity contribution >= 4 is 33.9 Å². The molecule has 1 aliphatic carbocycles. The average Bonchev–Trinajstić information content (AvgIpc) is 3.73. The summed E-state index contributed by atoms with van der Waals surface area (Å²) in [5.74, 6) is 1.62. The molecular weight excluding hydrogens is 606 g/mol. The number of nitrogens with two attached hydrogens (primary N) is 1. The van der Waals surface area contributed by atoms with Crippen LogP contribution in [0.5, 0.6) is 5.75 Å². The van der Waals surface area contributed by atoms with Crippen LogP contribution in [0.3, 0.4) is 0 Å². The van der Waals surface area contributed by atoms with Crippen LogP contribution < -0.4 is 15.8 Å². The van der Waals surface area contributed by atoms with E-state index in [-0.39, 0.29) is 23.9 Å². The predicted molar refractivity (Wildman–Crippen MR) is 185 cm³/mol. The summed E-state index contributed by atoms with van der Waals surface area (Å²) in [6.45, 7) is 7.72. The Labute approximate surface area is 279 Å². The molecule has 0 bridgehead atoms. The molecule has 1 aromatic carbocycles. The SMILES string of the molecule is COc1cc(C(=O)N2C[C@H](N)CCN2C)cc2nc(-c3cc4ccc([C@@H](C)NC(=O)c5cc(C)nc(C)c5)nc4n3CC3CC3)n(C)c12. The molecule has 12 heteroatoms. The van der Waals surface area contributed by atoms with E-state index in [2.05, 4.69) is 27.0 Å². The molecule has 1 saturated carbocycles. The van der Waals surface area contributed by atoms with E-state index < -0.39 is 0 Å². The number of hydrazine groups is 1. The first-order chi connectivity index (χ1) is 23.0. The van der Waals surface area contributed by atoms with Gasteiger partial charge in [0, 0.05) is 61.1 Å². The van der Waals surface area contributed by atoms with Gasteiger partial charge in [-0.3, -0.25) is 19.6 Å². The fourth-order valence-corrected chi connectivity index (χ4v) is 6.76. The molecule has 1 saturated heterocycles. The lowest BCUT2D eigenvalue weighted by molar-refractivity contribution is -0.0168. The molecule has 2 atom stereocenters. The van der Waals surface area contributed by atoms with Crippen LogP contribution in [0.4, 0.5) is 0 Å². The van der Waals surface area contributed by atoms with Crippen molar-refractivity contribution in [2.24, 2.45) is 18.7 Å². The van der Waals surface area contributed by atoms with Crippen LogP contribution in [-0.4, -0.2) is 79.2 Å². The number of pyridine rings is 2. The number of fused-ring (bicyclic) bond motifs is 2. The van der Waals surface area contributed by atoms with E-state index in [1.165, 1.54) is 12.8 Å². The largest absolute Gasteiger partial charge is 0.494 e. The first kappa shape index (κ1) is 31.8. The maximum atomic E-state index is 13.7. The summed E-state index contributed by atoms with van der Waals surface area (Å²) < 4.78 is 10.1. The molecule has 5 heterocycles. The number of nitrogens with one attached hydrogen (secondary N) is 1. The van der Waals surface area contributed by atoms with E-state index in [1.807, 2.05) is 56.6 Å². The minimum Gasteiger partial charge on any atom is -0.494 e. The molecule has 12 nitrogen and oxygen atoms in total. The zero-order valence-electron chi connectivity index (χ0n) is 28.4. The van der Waals surface area contributed by atoms with Crippen LogP contribution >= 0.6 is 0 Å². The fraction of sp³-hybridized carbons (Fsp3) is 0.417. The second-order valence-corrected chi connectivity index (χ2v) is 13.4. The first-order valence-electron chi connectivity index (χ1n) is 16.6. The average molecular weight is 650 g/mol. The Balaban J connectivity index is 1.26. The number of rotatable bonds is 8. The van der Waals surface area contributed by atoms with Crippen LogP contribution in [0, 0.1) is 19.8 Å². The Morgan fingerprint density at radius 3 is 2.46 bits per heavy atom. The summed E-state index contributed by atoms with van der Waals surface area (Å²) in [4.78, 5) is 41.4. The summed E-state index contributed by atoms with van der Waals surface area (Å²) >= 11 is 0. The Kier molecular flexibility index (Phi) is 8.16. The number of methoxy groups -OCH3 is 1. The third-order valence-electron chi connectivity index (χ3n) is 9.55. The van der Waals surface area contributed by atoms with Gasteiger partial charge in [-0.2, -0.15) is 0 Å². The van der Waals surface area contributed by atoms with Crippen LogP contribution in [0.25, 0.3) is 33.6 Å². The first-order valence-corrected chi connectivity index (χ1v) is 16.6. The van der Waals surface area contributed by atoms with Crippen LogP contribution in [0.15, 0.2) is 42.5 Å². The maximum absolute atomic E-state index is 13.7. The van der Waals surface area contributed by atoms with E-state index in [0.29, 0.717) is 34.9 Å². The summed E-state index contributed by atoms with van der Waals surface area (Å²) in [6.07, 6.45) is 3.19. The van der Waals surface area contributed by atoms with E-state index in [4.69, 9.17) is 20.4 Å². The Morgan fingerprint density at radius 1 is 1.00 bits per heavy atom. The van der Waals surface area contributed by atoms with E-state index in [0.717, 1.165) is 64.7 Å². The maximum Gasteiger partial charge on any atom is 0.268 e. The number of ether oxygens (including phenoxy) is 1. The number of carbonyl (C=O) groups is 2. The van der Waals surface area contributed by atoms with Gasteiger partial charge in [0.1, 0.15) is 16.9 Å². The van der Waals surface area contributed by atoms with Crippen LogP contribution in [0.2, 0.25) is 0 Å². The van der Waals surface area contributed by atoms with Gasteiger partial charge in [-0.25, -0.2) is 15.0 Å². The van der Waals surface area contributed by atoms with E-state index in [9.17, 15) is 9.59 Å². The number of imidazole rings is 1. The number of hydrogen-bond donors (Lipinski definition) is 2. The van der Waals surface area contributed by atoms with Crippen molar-refractivity contribution in [3.63, 3.8) is 0 Å². The normalized spacial score (nSPS) is 17.6. The third kappa shape index (κ3) is 5.90. The molecule has 5 aromatic rings. The summed E-state index contributed by atoms with van der Waals surface area (Å²) in [5, 5.41) is 7.74. The molecule has 7 rings (SSSR count). The van der Waals surface area contributed by atoms with Gasteiger partial charge in [-0.1, -0.05) is 0 Å². The topological polar surface area (TPSA) is 136 Å². The zero-order chi connectivity index (χ0) is 33.9. The highest BCUT2D eigenvalue weighted by Crippen LogP contribution is 2.38. The fourth-order valence-electron chi connectivity index (χ4n) is 6.76. The summed E-state index contributed by atoms with van der Waals surface area (Å²) in [6, 6.07) is 13.0. The van der Waals surface area contributed by atoms with E-state index in [1.54, 1.807) is 30.3 Å². The van der Waals surface area contributed by atoms with Gasteiger partial charge in [-0.15, -0.1) is 0 Å². The van der Waals surface area contributed by atoms with E-state index >= 15 is 0 Å². The molecule has 3 N–H and O–H groups in total. The zero-order valence-corrected chi connectivity index (χ0v) is 28.4. The van der Waals surface area contributed by atoms with Crippen molar-refractivity contribution in [1.29, 1.82) is 0 Å². The van der Waals surface area contributed by atoms with Crippen molar-refractivity contribution in [3.05, 3.63) is 70.7 Å². The number of carbonyl (C=O) groups excluding carboxylic acids is 2. The molecule has 2 fully saturated rings. The van der Waals surface area contributed by atoms with Gasteiger partial charge >= 0.3 is 0 Å². The van der Waals surface area contributed by atoms with Crippen molar-refractivity contribution in [2.75, 3.05) is 27.2 Å². The van der Waals surface area contributed by atoms with Crippen molar-refractivity contribution in [1.82, 2.24) is 39.4 Å². The third-order valence-corrected chi connectivity index (χ3v) is 9.55. The predicted octanol–water partition coefficient (Wildman–Crippen LogP) is 4.53. The molecule has 0 radical (unpaired) electrons. The molecular formula is C36H43N9O3. The highest BCUT2D eigenvalue weighted by Gasteiger charge is 2.30. The minimum absolute atomic E-state index is 0.0612. The lowest BCUT2D eigenvalue weighted by atomic mass is 10.1. The Bertz CT molecular complexity index is 2040. The highest BCUT2D eigenvalue weighted by molar-refractivity contribution is 6.00. The van der Waals surface area contributed by atoms with Gasteiger partial charge in [0.2, 0.25) is 0 Å².